The molecule has 0 saturated heterocycles. The van der Waals surface area contributed by atoms with E-state index in [1.54, 1.807) is 12.1 Å². The minimum Gasteiger partial charge on any atom is -0.324 e. The Kier molecular flexibility index (Phi) is 5.25. The van der Waals surface area contributed by atoms with E-state index in [1.165, 1.54) is 0 Å². The summed E-state index contributed by atoms with van der Waals surface area (Å²) < 4.78 is 0.879. The standard InChI is InChI=1S/C11H14BrClN2O/c1-7(2)14-6-11(16)15-10-5-8(12)3-4-9(10)13/h3-5,7,14H,6H2,1-2H3,(H,15,16). The summed E-state index contributed by atoms with van der Waals surface area (Å²) in [6.07, 6.45) is 0. The summed E-state index contributed by atoms with van der Waals surface area (Å²) in [5.41, 5.74) is 0.617. The van der Waals surface area contributed by atoms with Crippen LogP contribution in [-0.4, -0.2) is 18.5 Å². The first-order valence-electron chi connectivity index (χ1n) is 4.97. The van der Waals surface area contributed by atoms with Gasteiger partial charge in [0.2, 0.25) is 5.91 Å². The highest BCUT2D eigenvalue weighted by atomic mass is 79.9. The second-order valence-electron chi connectivity index (χ2n) is 3.71. The number of carbonyl (C=O) groups is 1. The molecule has 1 aromatic rings. The third-order valence-electron chi connectivity index (χ3n) is 1.87. The molecular weight excluding hydrogens is 291 g/mol. The number of anilines is 1. The summed E-state index contributed by atoms with van der Waals surface area (Å²) in [6.45, 7) is 4.25. The number of benzene rings is 1. The zero-order valence-electron chi connectivity index (χ0n) is 9.18. The molecule has 0 bridgehead atoms. The number of nitrogens with one attached hydrogen (secondary N) is 2. The predicted molar refractivity (Wildman–Crippen MR) is 70.9 cm³/mol. The molecule has 0 fully saturated rings. The van der Waals surface area contributed by atoms with E-state index >= 15 is 0 Å². The molecule has 1 amide bonds. The van der Waals surface area contributed by atoms with Gasteiger partial charge >= 0.3 is 0 Å². The summed E-state index contributed by atoms with van der Waals surface area (Å²) in [4.78, 5) is 11.5. The van der Waals surface area contributed by atoms with E-state index < -0.39 is 0 Å². The van der Waals surface area contributed by atoms with Gasteiger partial charge < -0.3 is 10.6 Å². The fraction of sp³-hybridized carbons (Fsp3) is 0.364. The van der Waals surface area contributed by atoms with Gasteiger partial charge in [-0.1, -0.05) is 41.4 Å². The Morgan fingerprint density at radius 2 is 2.19 bits per heavy atom. The van der Waals surface area contributed by atoms with Crippen molar-refractivity contribution in [1.82, 2.24) is 5.32 Å². The Morgan fingerprint density at radius 3 is 2.81 bits per heavy atom. The Morgan fingerprint density at radius 1 is 1.50 bits per heavy atom. The van der Waals surface area contributed by atoms with Crippen molar-refractivity contribution >= 4 is 39.1 Å². The van der Waals surface area contributed by atoms with Gasteiger partial charge in [-0.15, -0.1) is 0 Å². The van der Waals surface area contributed by atoms with Crippen LogP contribution in [0.25, 0.3) is 0 Å². The Bertz CT molecular complexity index is 382. The zero-order chi connectivity index (χ0) is 12.1. The van der Waals surface area contributed by atoms with Gasteiger partial charge in [0, 0.05) is 10.5 Å². The lowest BCUT2D eigenvalue weighted by Gasteiger charge is -2.10. The van der Waals surface area contributed by atoms with Crippen LogP contribution >= 0.6 is 27.5 Å². The van der Waals surface area contributed by atoms with Gasteiger partial charge in [-0.3, -0.25) is 4.79 Å². The number of rotatable bonds is 4. The van der Waals surface area contributed by atoms with Crippen molar-refractivity contribution in [2.45, 2.75) is 19.9 Å². The summed E-state index contributed by atoms with van der Waals surface area (Å²) in [7, 11) is 0. The van der Waals surface area contributed by atoms with Gasteiger partial charge in [0.15, 0.2) is 0 Å². The first-order valence-corrected chi connectivity index (χ1v) is 6.14. The molecule has 0 radical (unpaired) electrons. The lowest BCUT2D eigenvalue weighted by atomic mass is 10.3. The molecule has 0 aliphatic heterocycles. The highest BCUT2D eigenvalue weighted by Crippen LogP contribution is 2.25. The van der Waals surface area contributed by atoms with Crippen LogP contribution in [0.1, 0.15) is 13.8 Å². The van der Waals surface area contributed by atoms with Crippen molar-refractivity contribution in [3.05, 3.63) is 27.7 Å². The first kappa shape index (κ1) is 13.5. The van der Waals surface area contributed by atoms with Gasteiger partial charge in [0.1, 0.15) is 0 Å². The fourth-order valence-corrected chi connectivity index (χ4v) is 1.61. The molecule has 0 unspecified atom stereocenters. The quantitative estimate of drug-likeness (QED) is 0.898. The molecule has 88 valence electrons. The molecule has 0 atom stereocenters. The molecule has 2 N–H and O–H groups in total. The summed E-state index contributed by atoms with van der Waals surface area (Å²) in [6, 6.07) is 5.61. The highest BCUT2D eigenvalue weighted by molar-refractivity contribution is 9.10. The van der Waals surface area contributed by atoms with Crippen LogP contribution in [0.4, 0.5) is 5.69 Å². The first-order chi connectivity index (χ1) is 7.49. The topological polar surface area (TPSA) is 41.1 Å². The molecule has 0 spiro atoms. The van der Waals surface area contributed by atoms with Crippen LogP contribution in [0.2, 0.25) is 5.02 Å². The summed E-state index contributed by atoms with van der Waals surface area (Å²) in [5.74, 6) is -0.103. The molecule has 0 aromatic heterocycles. The lowest BCUT2D eigenvalue weighted by molar-refractivity contribution is -0.115. The maximum atomic E-state index is 11.5. The molecule has 0 saturated carbocycles. The van der Waals surface area contributed by atoms with Crippen molar-refractivity contribution in [2.24, 2.45) is 0 Å². The largest absolute Gasteiger partial charge is 0.324 e. The van der Waals surface area contributed by atoms with Gasteiger partial charge in [-0.25, -0.2) is 0 Å². The smallest absolute Gasteiger partial charge is 0.238 e. The summed E-state index contributed by atoms with van der Waals surface area (Å²) in [5, 5.41) is 6.30. The van der Waals surface area contributed by atoms with E-state index in [4.69, 9.17) is 11.6 Å². The van der Waals surface area contributed by atoms with Gasteiger partial charge in [0.05, 0.1) is 17.3 Å². The molecule has 16 heavy (non-hydrogen) atoms. The van der Waals surface area contributed by atoms with E-state index in [2.05, 4.69) is 26.6 Å². The number of halogens is 2. The maximum Gasteiger partial charge on any atom is 0.238 e. The minimum absolute atomic E-state index is 0.103. The zero-order valence-corrected chi connectivity index (χ0v) is 11.5. The van der Waals surface area contributed by atoms with Crippen molar-refractivity contribution in [2.75, 3.05) is 11.9 Å². The molecular formula is C11H14BrClN2O. The van der Waals surface area contributed by atoms with Crippen LogP contribution in [0.5, 0.6) is 0 Å². The van der Waals surface area contributed by atoms with Crippen LogP contribution in [0.15, 0.2) is 22.7 Å². The molecule has 5 heteroatoms. The van der Waals surface area contributed by atoms with Gasteiger partial charge in [-0.2, -0.15) is 0 Å². The average molecular weight is 306 g/mol. The number of hydrogen-bond donors (Lipinski definition) is 2. The Balaban J connectivity index is 2.59. The third kappa shape index (κ3) is 4.51. The number of hydrogen-bond acceptors (Lipinski definition) is 2. The average Bonchev–Trinajstić information content (AvgIpc) is 2.20. The van der Waals surface area contributed by atoms with E-state index in [0.29, 0.717) is 10.7 Å². The predicted octanol–water partition coefficient (Wildman–Crippen LogP) is 3.04. The van der Waals surface area contributed by atoms with E-state index in [-0.39, 0.29) is 18.5 Å². The maximum absolute atomic E-state index is 11.5. The highest BCUT2D eigenvalue weighted by Gasteiger charge is 2.06. The Hall–Kier alpha value is -0.580. The van der Waals surface area contributed by atoms with Crippen LogP contribution in [-0.2, 0) is 4.79 Å². The fourth-order valence-electron chi connectivity index (χ4n) is 1.08. The molecule has 1 rings (SSSR count). The molecule has 0 aliphatic rings. The summed E-state index contributed by atoms with van der Waals surface area (Å²) >= 11 is 9.27. The second kappa shape index (κ2) is 6.23. The Labute approximate surface area is 109 Å². The number of amides is 1. The van der Waals surface area contributed by atoms with Gasteiger partial charge in [0.25, 0.3) is 0 Å². The van der Waals surface area contributed by atoms with Crippen molar-refractivity contribution in [3.8, 4) is 0 Å². The molecule has 3 nitrogen and oxygen atoms in total. The molecule has 0 heterocycles. The molecule has 1 aromatic carbocycles. The van der Waals surface area contributed by atoms with Gasteiger partial charge in [-0.05, 0) is 18.2 Å². The number of carbonyl (C=O) groups excluding carboxylic acids is 1. The monoisotopic (exact) mass is 304 g/mol. The minimum atomic E-state index is -0.103. The third-order valence-corrected chi connectivity index (χ3v) is 2.70. The van der Waals surface area contributed by atoms with Crippen LogP contribution < -0.4 is 10.6 Å². The SMILES string of the molecule is CC(C)NCC(=O)Nc1cc(Br)ccc1Cl. The van der Waals surface area contributed by atoms with Crippen LogP contribution in [0, 0.1) is 0 Å². The normalized spacial score (nSPS) is 10.6. The lowest BCUT2D eigenvalue weighted by Crippen LogP contribution is -2.32. The second-order valence-corrected chi connectivity index (χ2v) is 5.03. The molecule has 0 aliphatic carbocycles. The van der Waals surface area contributed by atoms with Crippen LogP contribution in [0.3, 0.4) is 0 Å². The van der Waals surface area contributed by atoms with Crippen molar-refractivity contribution < 1.29 is 4.79 Å². The van der Waals surface area contributed by atoms with E-state index in [1.807, 2.05) is 19.9 Å². The van der Waals surface area contributed by atoms with E-state index in [9.17, 15) is 4.79 Å². The van der Waals surface area contributed by atoms with Crippen molar-refractivity contribution in [3.63, 3.8) is 0 Å². The van der Waals surface area contributed by atoms with E-state index in [0.717, 1.165) is 4.47 Å². The van der Waals surface area contributed by atoms with Crippen molar-refractivity contribution in [1.29, 1.82) is 0 Å².